The summed E-state index contributed by atoms with van der Waals surface area (Å²) < 4.78 is 37.8. The van der Waals surface area contributed by atoms with Crippen molar-refractivity contribution in [3.63, 3.8) is 0 Å². The van der Waals surface area contributed by atoms with Crippen LogP contribution in [0, 0.1) is 18.3 Å². The van der Waals surface area contributed by atoms with Crippen LogP contribution in [0.1, 0.15) is 55.5 Å². The zero-order chi connectivity index (χ0) is 21.8. The lowest BCUT2D eigenvalue weighted by Gasteiger charge is -2.39. The molecule has 2 aromatic carbocycles. The molecule has 154 valence electrons. The minimum absolute atomic E-state index is 0.149. The van der Waals surface area contributed by atoms with Gasteiger partial charge in [0.1, 0.15) is 6.07 Å². The van der Waals surface area contributed by atoms with Gasteiger partial charge in [0.15, 0.2) is 0 Å². The Morgan fingerprint density at radius 1 is 1.21 bits per heavy atom. The average molecular weight is 418 g/mol. The largest absolute Gasteiger partial charge is 0.393 e. The summed E-state index contributed by atoms with van der Waals surface area (Å²) in [4.78, 5) is 1.08. The Morgan fingerprint density at radius 3 is 2.48 bits per heavy atom. The monoisotopic (exact) mass is 417 g/mol. The van der Waals surface area contributed by atoms with Gasteiger partial charge in [0.2, 0.25) is 0 Å². The number of hydrogen-bond acceptors (Lipinski definition) is 2. The highest BCUT2D eigenvalue weighted by Gasteiger charge is 2.35. The second kappa shape index (κ2) is 9.09. The number of fused-ring (bicyclic) bond motifs is 1. The Morgan fingerprint density at radius 2 is 1.90 bits per heavy atom. The van der Waals surface area contributed by atoms with Gasteiger partial charge in [-0.25, -0.2) is 0 Å². The molecule has 1 nitrogen and oxygen atoms in total. The molecule has 0 fully saturated rings. The van der Waals surface area contributed by atoms with Gasteiger partial charge in [-0.2, -0.15) is 18.4 Å². The third-order valence-corrected chi connectivity index (χ3v) is 5.70. The molecule has 0 heterocycles. The van der Waals surface area contributed by atoms with Crippen LogP contribution in [0.2, 0.25) is 0 Å². The number of thioether (sulfide) groups is 1. The molecule has 0 N–H and O–H groups in total. The quantitative estimate of drug-likeness (QED) is 0.377. The van der Waals surface area contributed by atoms with E-state index in [0.717, 1.165) is 12.0 Å². The van der Waals surface area contributed by atoms with Gasteiger partial charge in [0.25, 0.3) is 0 Å². The zero-order valence-electron chi connectivity index (χ0n) is 17.4. The van der Waals surface area contributed by atoms with Crippen molar-refractivity contribution < 1.29 is 13.2 Å². The molecule has 0 aliphatic heterocycles. The SMILES string of the molecule is CC.Cc1cc(/C=C(\C#N)Sc2cccc(CC(F)(F)F)c2)cc2c1CC2(C)C. The molecule has 1 aliphatic carbocycles. The first-order valence-electron chi connectivity index (χ1n) is 9.67. The van der Waals surface area contributed by atoms with Gasteiger partial charge in [-0.05, 0) is 64.8 Å². The topological polar surface area (TPSA) is 23.8 Å². The molecule has 2 aromatic rings. The Labute approximate surface area is 175 Å². The number of allylic oxidation sites excluding steroid dienone is 1. The minimum atomic E-state index is -4.24. The number of aryl methyl sites for hydroxylation is 1. The number of alkyl halides is 3. The molecule has 0 saturated heterocycles. The lowest BCUT2D eigenvalue weighted by atomic mass is 9.65. The van der Waals surface area contributed by atoms with Crippen molar-refractivity contribution in [3.8, 4) is 6.07 Å². The van der Waals surface area contributed by atoms with E-state index in [1.165, 1.54) is 40.6 Å². The van der Waals surface area contributed by atoms with Crippen LogP contribution in [0.25, 0.3) is 6.08 Å². The Bertz CT molecular complexity index is 950. The van der Waals surface area contributed by atoms with Crippen LogP contribution in [0.3, 0.4) is 0 Å². The maximum absolute atomic E-state index is 12.6. The van der Waals surface area contributed by atoms with Crippen LogP contribution >= 0.6 is 11.8 Å². The highest BCUT2D eigenvalue weighted by Crippen LogP contribution is 2.43. The van der Waals surface area contributed by atoms with Crippen LogP contribution in [-0.4, -0.2) is 6.18 Å². The van der Waals surface area contributed by atoms with Crippen LogP contribution < -0.4 is 0 Å². The summed E-state index contributed by atoms with van der Waals surface area (Å²) in [5, 5.41) is 9.50. The summed E-state index contributed by atoms with van der Waals surface area (Å²) >= 11 is 1.19. The number of halogens is 3. The first-order chi connectivity index (χ1) is 13.6. The molecule has 29 heavy (non-hydrogen) atoms. The fourth-order valence-electron chi connectivity index (χ4n) is 3.51. The first-order valence-corrected chi connectivity index (χ1v) is 10.5. The molecule has 0 amide bonds. The summed E-state index contributed by atoms with van der Waals surface area (Å²) in [5.41, 5.74) is 5.20. The fraction of sp³-hybridized carbons (Fsp3) is 0.375. The number of rotatable bonds is 4. The third kappa shape index (κ3) is 5.90. The molecule has 0 spiro atoms. The van der Waals surface area contributed by atoms with E-state index in [2.05, 4.69) is 39.0 Å². The van der Waals surface area contributed by atoms with Crippen molar-refractivity contribution >= 4 is 17.8 Å². The minimum Gasteiger partial charge on any atom is -0.192 e. The summed E-state index contributed by atoms with van der Waals surface area (Å²) in [6.07, 6.45) is -2.34. The fourth-order valence-corrected chi connectivity index (χ4v) is 4.36. The number of nitriles is 1. The van der Waals surface area contributed by atoms with E-state index in [-0.39, 0.29) is 11.0 Å². The van der Waals surface area contributed by atoms with Gasteiger partial charge in [-0.1, -0.05) is 63.7 Å². The van der Waals surface area contributed by atoms with Crippen molar-refractivity contribution in [2.75, 3.05) is 0 Å². The number of hydrogen-bond donors (Lipinski definition) is 0. The number of nitrogens with zero attached hydrogens (tertiary/aromatic N) is 1. The predicted molar refractivity (Wildman–Crippen MR) is 115 cm³/mol. The van der Waals surface area contributed by atoms with Crippen molar-refractivity contribution in [1.82, 2.24) is 0 Å². The first kappa shape index (κ1) is 23.1. The average Bonchev–Trinajstić information content (AvgIpc) is 2.63. The summed E-state index contributed by atoms with van der Waals surface area (Å²) in [6.45, 7) is 10.5. The van der Waals surface area contributed by atoms with Gasteiger partial charge in [-0.15, -0.1) is 0 Å². The van der Waals surface area contributed by atoms with E-state index < -0.39 is 12.6 Å². The highest BCUT2D eigenvalue weighted by atomic mass is 32.2. The molecule has 0 atom stereocenters. The lowest BCUT2D eigenvalue weighted by molar-refractivity contribution is -0.127. The lowest BCUT2D eigenvalue weighted by Crippen LogP contribution is -2.33. The van der Waals surface area contributed by atoms with E-state index >= 15 is 0 Å². The maximum Gasteiger partial charge on any atom is 0.393 e. The van der Waals surface area contributed by atoms with E-state index in [0.29, 0.717) is 9.80 Å². The molecule has 0 saturated carbocycles. The van der Waals surface area contributed by atoms with Crippen molar-refractivity contribution in [3.05, 3.63) is 69.1 Å². The van der Waals surface area contributed by atoms with Crippen molar-refractivity contribution in [1.29, 1.82) is 5.26 Å². The number of benzene rings is 2. The highest BCUT2D eigenvalue weighted by molar-refractivity contribution is 8.03. The van der Waals surface area contributed by atoms with Crippen LogP contribution in [-0.2, 0) is 18.3 Å². The van der Waals surface area contributed by atoms with Crippen LogP contribution in [0.5, 0.6) is 0 Å². The molecule has 0 radical (unpaired) electrons. The Hall–Kier alpha value is -2.19. The molecule has 0 bridgehead atoms. The van der Waals surface area contributed by atoms with Crippen molar-refractivity contribution in [2.45, 2.75) is 63.9 Å². The van der Waals surface area contributed by atoms with Gasteiger partial charge in [-0.3, -0.25) is 0 Å². The second-order valence-electron chi connectivity index (χ2n) is 7.59. The smallest absolute Gasteiger partial charge is 0.192 e. The van der Waals surface area contributed by atoms with E-state index in [9.17, 15) is 18.4 Å². The molecule has 0 unspecified atom stereocenters. The van der Waals surface area contributed by atoms with Gasteiger partial charge >= 0.3 is 6.18 Å². The Balaban J connectivity index is 0.00000145. The van der Waals surface area contributed by atoms with E-state index in [4.69, 9.17) is 0 Å². The zero-order valence-corrected chi connectivity index (χ0v) is 18.3. The van der Waals surface area contributed by atoms with Gasteiger partial charge < -0.3 is 0 Å². The van der Waals surface area contributed by atoms with Crippen molar-refractivity contribution in [2.24, 2.45) is 0 Å². The third-order valence-electron chi connectivity index (χ3n) is 4.78. The Kier molecular flexibility index (Phi) is 7.24. The molecule has 1 aliphatic rings. The summed E-state index contributed by atoms with van der Waals surface area (Å²) in [5.74, 6) is 0. The summed E-state index contributed by atoms with van der Waals surface area (Å²) in [7, 11) is 0. The summed E-state index contributed by atoms with van der Waals surface area (Å²) in [6, 6.07) is 12.6. The van der Waals surface area contributed by atoms with E-state index in [1.807, 2.05) is 19.9 Å². The van der Waals surface area contributed by atoms with Gasteiger partial charge in [0.05, 0.1) is 11.3 Å². The van der Waals surface area contributed by atoms with E-state index in [1.54, 1.807) is 12.1 Å². The molecule has 3 rings (SSSR count). The molecular weight excluding hydrogens is 391 g/mol. The molecular formula is C24H26F3NS. The van der Waals surface area contributed by atoms with Crippen LogP contribution in [0.4, 0.5) is 13.2 Å². The second-order valence-corrected chi connectivity index (χ2v) is 8.70. The van der Waals surface area contributed by atoms with Gasteiger partial charge in [0, 0.05) is 4.90 Å². The molecule has 0 aromatic heterocycles. The normalized spacial score (nSPS) is 14.8. The molecule has 5 heteroatoms. The maximum atomic E-state index is 12.6. The standard InChI is InChI=1S/C22H20F3NS.C2H6/c1-14-7-16(10-20-19(14)12-21(20,2)3)9-18(13-26)27-17-6-4-5-15(8-17)11-22(23,24)25;1-2/h4-10H,11-12H2,1-3H3;1-2H3/b18-9+;. The predicted octanol–water partition coefficient (Wildman–Crippen LogP) is 7.62. The van der Waals surface area contributed by atoms with Crippen LogP contribution in [0.15, 0.2) is 46.2 Å².